The van der Waals surface area contributed by atoms with Crippen LogP contribution in [-0.2, 0) is 0 Å². The average molecular weight is 262 g/mol. The van der Waals surface area contributed by atoms with E-state index in [1.807, 2.05) is 18.3 Å². The quantitative estimate of drug-likeness (QED) is 0.877. The smallest absolute Gasteiger partial charge is 0.138 e. The van der Waals surface area contributed by atoms with Crippen LogP contribution < -0.4 is 10.5 Å². The van der Waals surface area contributed by atoms with Gasteiger partial charge in [-0.1, -0.05) is 20.3 Å². The Labute approximate surface area is 116 Å². The molecule has 0 saturated heterocycles. The predicted octanol–water partition coefficient (Wildman–Crippen LogP) is 3.84. The molecule has 0 aliphatic heterocycles. The summed E-state index contributed by atoms with van der Waals surface area (Å²) in [5.74, 6) is 1.59. The molecule has 3 heteroatoms. The zero-order chi connectivity index (χ0) is 13.7. The van der Waals surface area contributed by atoms with Crippen LogP contribution in [0.15, 0.2) is 18.3 Å². The number of aromatic nitrogens is 1. The van der Waals surface area contributed by atoms with E-state index in [4.69, 9.17) is 10.5 Å². The maximum atomic E-state index is 6.12. The van der Waals surface area contributed by atoms with Crippen molar-refractivity contribution in [2.75, 3.05) is 0 Å². The Morgan fingerprint density at radius 1 is 1.32 bits per heavy atom. The molecule has 0 aromatic carbocycles. The van der Waals surface area contributed by atoms with Crippen LogP contribution in [0.3, 0.4) is 0 Å². The summed E-state index contributed by atoms with van der Waals surface area (Å²) in [7, 11) is 0. The number of pyridine rings is 1. The van der Waals surface area contributed by atoms with E-state index in [0.717, 1.165) is 17.9 Å². The minimum absolute atomic E-state index is 0.0344. The van der Waals surface area contributed by atoms with E-state index in [0.29, 0.717) is 12.0 Å². The van der Waals surface area contributed by atoms with E-state index in [1.165, 1.54) is 32.1 Å². The maximum Gasteiger partial charge on any atom is 0.138 e. The molecule has 1 heterocycles. The lowest BCUT2D eigenvalue weighted by Crippen LogP contribution is -2.29. The molecule has 3 atom stereocenters. The van der Waals surface area contributed by atoms with Gasteiger partial charge in [-0.05, 0) is 50.2 Å². The largest absolute Gasteiger partial charge is 0.489 e. The summed E-state index contributed by atoms with van der Waals surface area (Å²) in [6, 6.07) is 4.04. The zero-order valence-electron chi connectivity index (χ0n) is 12.1. The van der Waals surface area contributed by atoms with Gasteiger partial charge in [-0.25, -0.2) is 0 Å². The van der Waals surface area contributed by atoms with Crippen molar-refractivity contribution in [3.8, 4) is 5.75 Å². The zero-order valence-corrected chi connectivity index (χ0v) is 12.1. The third-order valence-electron chi connectivity index (χ3n) is 4.23. The number of nitrogens with two attached hydrogens (primary N) is 1. The standard InChI is InChI=1S/C16H26N2O/c1-3-12-7-5-6-8-16(12)19-13-9-10-15(18-11-13)14(17)4-2/h9-12,14,16H,3-8,17H2,1-2H3/t12?,14-,16?/m1/s1. The molecular weight excluding hydrogens is 236 g/mol. The van der Waals surface area contributed by atoms with Gasteiger partial charge in [0.25, 0.3) is 0 Å². The fourth-order valence-corrected chi connectivity index (χ4v) is 2.86. The fraction of sp³-hybridized carbons (Fsp3) is 0.688. The van der Waals surface area contributed by atoms with E-state index in [1.54, 1.807) is 0 Å². The van der Waals surface area contributed by atoms with E-state index in [-0.39, 0.29) is 6.04 Å². The molecule has 2 rings (SSSR count). The summed E-state index contributed by atoms with van der Waals surface area (Å²) in [4.78, 5) is 4.42. The molecule has 106 valence electrons. The molecule has 3 nitrogen and oxygen atoms in total. The second-order valence-corrected chi connectivity index (χ2v) is 5.54. The molecule has 1 aromatic rings. The number of hydrogen-bond donors (Lipinski definition) is 1. The number of ether oxygens (including phenoxy) is 1. The normalized spacial score (nSPS) is 25.0. The van der Waals surface area contributed by atoms with Crippen LogP contribution in [0, 0.1) is 5.92 Å². The SMILES string of the molecule is CCC1CCCCC1Oc1ccc([C@H](N)CC)nc1. The van der Waals surface area contributed by atoms with Gasteiger partial charge in [0.05, 0.1) is 11.9 Å². The summed E-state index contributed by atoms with van der Waals surface area (Å²) < 4.78 is 6.12. The molecule has 2 unspecified atom stereocenters. The lowest BCUT2D eigenvalue weighted by atomic mass is 9.85. The van der Waals surface area contributed by atoms with Crippen LogP contribution in [0.5, 0.6) is 5.75 Å². The molecule has 1 aromatic heterocycles. The van der Waals surface area contributed by atoms with Gasteiger partial charge in [0.1, 0.15) is 11.9 Å². The summed E-state index contributed by atoms with van der Waals surface area (Å²) >= 11 is 0. The van der Waals surface area contributed by atoms with Crippen LogP contribution in [-0.4, -0.2) is 11.1 Å². The molecule has 0 radical (unpaired) electrons. The Morgan fingerprint density at radius 2 is 2.11 bits per heavy atom. The second kappa shape index (κ2) is 6.90. The number of nitrogens with zero attached hydrogens (tertiary/aromatic N) is 1. The van der Waals surface area contributed by atoms with Crippen LogP contribution in [0.2, 0.25) is 0 Å². The van der Waals surface area contributed by atoms with Crippen molar-refractivity contribution in [1.82, 2.24) is 4.98 Å². The van der Waals surface area contributed by atoms with E-state index in [2.05, 4.69) is 18.8 Å². The summed E-state index contributed by atoms with van der Waals surface area (Å²) in [5, 5.41) is 0. The highest BCUT2D eigenvalue weighted by molar-refractivity contribution is 5.21. The summed E-state index contributed by atoms with van der Waals surface area (Å²) in [6.07, 6.45) is 9.42. The average Bonchev–Trinajstić information content (AvgIpc) is 2.48. The van der Waals surface area contributed by atoms with Crippen molar-refractivity contribution in [2.24, 2.45) is 11.7 Å². The van der Waals surface area contributed by atoms with Gasteiger partial charge in [0, 0.05) is 6.04 Å². The van der Waals surface area contributed by atoms with Crippen molar-refractivity contribution in [2.45, 2.75) is 64.5 Å². The maximum absolute atomic E-state index is 6.12. The third-order valence-corrected chi connectivity index (χ3v) is 4.23. The Morgan fingerprint density at radius 3 is 2.74 bits per heavy atom. The third kappa shape index (κ3) is 3.69. The van der Waals surface area contributed by atoms with Crippen molar-refractivity contribution < 1.29 is 4.74 Å². The predicted molar refractivity (Wildman–Crippen MR) is 78.1 cm³/mol. The first-order valence-electron chi connectivity index (χ1n) is 7.62. The first-order chi connectivity index (χ1) is 9.24. The van der Waals surface area contributed by atoms with Crippen LogP contribution >= 0.6 is 0 Å². The highest BCUT2D eigenvalue weighted by Crippen LogP contribution is 2.30. The van der Waals surface area contributed by atoms with Gasteiger partial charge in [-0.2, -0.15) is 0 Å². The first-order valence-corrected chi connectivity index (χ1v) is 7.62. The molecular formula is C16H26N2O. The Bertz CT molecular complexity index is 377. The van der Waals surface area contributed by atoms with Gasteiger partial charge < -0.3 is 10.5 Å². The molecule has 1 saturated carbocycles. The van der Waals surface area contributed by atoms with E-state index in [9.17, 15) is 0 Å². The van der Waals surface area contributed by atoms with Crippen LogP contribution in [0.4, 0.5) is 0 Å². The van der Waals surface area contributed by atoms with Crippen LogP contribution in [0.25, 0.3) is 0 Å². The van der Waals surface area contributed by atoms with E-state index < -0.39 is 0 Å². The van der Waals surface area contributed by atoms with Gasteiger partial charge >= 0.3 is 0 Å². The molecule has 2 N–H and O–H groups in total. The monoisotopic (exact) mass is 262 g/mol. The number of hydrogen-bond acceptors (Lipinski definition) is 3. The molecule has 0 bridgehead atoms. The van der Waals surface area contributed by atoms with E-state index >= 15 is 0 Å². The highest BCUT2D eigenvalue weighted by Gasteiger charge is 2.25. The molecule has 0 amide bonds. The molecule has 1 aliphatic carbocycles. The molecule has 0 spiro atoms. The van der Waals surface area contributed by atoms with Gasteiger partial charge in [-0.3, -0.25) is 4.98 Å². The second-order valence-electron chi connectivity index (χ2n) is 5.54. The Kier molecular flexibility index (Phi) is 5.20. The fourth-order valence-electron chi connectivity index (χ4n) is 2.86. The topological polar surface area (TPSA) is 48.1 Å². The van der Waals surface area contributed by atoms with Gasteiger partial charge in [0.15, 0.2) is 0 Å². The van der Waals surface area contributed by atoms with Gasteiger partial charge in [0.2, 0.25) is 0 Å². The Balaban J connectivity index is 1.98. The summed E-state index contributed by atoms with van der Waals surface area (Å²) in [6.45, 7) is 4.33. The van der Waals surface area contributed by atoms with Crippen LogP contribution in [0.1, 0.15) is 64.1 Å². The number of rotatable bonds is 5. The molecule has 1 aliphatic rings. The molecule has 1 fully saturated rings. The van der Waals surface area contributed by atoms with Crippen molar-refractivity contribution >= 4 is 0 Å². The lowest BCUT2D eigenvalue weighted by Gasteiger charge is -2.31. The van der Waals surface area contributed by atoms with Crippen molar-refractivity contribution in [3.63, 3.8) is 0 Å². The van der Waals surface area contributed by atoms with Crippen molar-refractivity contribution in [3.05, 3.63) is 24.0 Å². The minimum Gasteiger partial charge on any atom is -0.489 e. The Hall–Kier alpha value is -1.09. The van der Waals surface area contributed by atoms with Crippen molar-refractivity contribution in [1.29, 1.82) is 0 Å². The van der Waals surface area contributed by atoms with Gasteiger partial charge in [-0.15, -0.1) is 0 Å². The highest BCUT2D eigenvalue weighted by atomic mass is 16.5. The lowest BCUT2D eigenvalue weighted by molar-refractivity contribution is 0.0899. The molecule has 19 heavy (non-hydrogen) atoms. The first kappa shape index (κ1) is 14.3. The minimum atomic E-state index is 0.0344. The summed E-state index contributed by atoms with van der Waals surface area (Å²) in [5.41, 5.74) is 6.92.